The zero-order chi connectivity index (χ0) is 13.0. The Bertz CT molecular complexity index is 498. The van der Waals surface area contributed by atoms with E-state index < -0.39 is 0 Å². The summed E-state index contributed by atoms with van der Waals surface area (Å²) in [5.74, 6) is 0. The van der Waals surface area contributed by atoms with E-state index in [1.54, 1.807) is 18.4 Å². The molecule has 0 unspecified atom stereocenters. The van der Waals surface area contributed by atoms with Crippen molar-refractivity contribution in [1.82, 2.24) is 4.98 Å². The van der Waals surface area contributed by atoms with E-state index in [0.29, 0.717) is 6.61 Å². The van der Waals surface area contributed by atoms with E-state index >= 15 is 0 Å². The van der Waals surface area contributed by atoms with E-state index in [9.17, 15) is 0 Å². The van der Waals surface area contributed by atoms with Gasteiger partial charge in [-0.3, -0.25) is 0 Å². The first-order valence-corrected chi connectivity index (χ1v) is 7.33. The van der Waals surface area contributed by atoms with Crippen LogP contribution in [0.4, 0.5) is 5.13 Å². The molecule has 0 aliphatic rings. The van der Waals surface area contributed by atoms with Crippen molar-refractivity contribution in [2.24, 2.45) is 0 Å². The Kier molecular flexibility index (Phi) is 4.74. The molecule has 5 heteroatoms. The topological polar surface area (TPSA) is 34.1 Å². The molecule has 0 amide bonds. The van der Waals surface area contributed by atoms with Gasteiger partial charge >= 0.3 is 0 Å². The average molecular weight is 327 g/mol. The monoisotopic (exact) mass is 326 g/mol. The molecule has 3 nitrogen and oxygen atoms in total. The Morgan fingerprint density at radius 1 is 1.39 bits per heavy atom. The molecule has 0 aliphatic carbocycles. The molecule has 2 rings (SSSR count). The van der Waals surface area contributed by atoms with Gasteiger partial charge in [0, 0.05) is 28.6 Å². The minimum absolute atomic E-state index is 0.263. The molecule has 0 aliphatic heterocycles. The van der Waals surface area contributed by atoms with Crippen molar-refractivity contribution in [3.05, 3.63) is 34.1 Å². The number of nitrogens with zero attached hydrogens (tertiary/aromatic N) is 1. The standard InChI is InChI=1S/C13H15BrN2OS/c1-9(7-17-2)15-13-16-12(8-18-13)10-3-5-11(14)6-4-10/h3-6,8-9H,7H2,1-2H3,(H,15,16)/t9-/m0/s1. The number of aromatic nitrogens is 1. The van der Waals surface area contributed by atoms with Gasteiger partial charge in [-0.05, 0) is 19.1 Å². The molecule has 0 saturated carbocycles. The first-order chi connectivity index (χ1) is 8.69. The fourth-order valence-corrected chi connectivity index (χ4v) is 2.69. The number of hydrogen-bond acceptors (Lipinski definition) is 4. The van der Waals surface area contributed by atoms with Crippen molar-refractivity contribution in [1.29, 1.82) is 0 Å². The lowest BCUT2D eigenvalue weighted by molar-refractivity contribution is 0.190. The summed E-state index contributed by atoms with van der Waals surface area (Å²) >= 11 is 5.04. The highest BCUT2D eigenvalue weighted by Crippen LogP contribution is 2.26. The summed E-state index contributed by atoms with van der Waals surface area (Å²) in [5.41, 5.74) is 2.13. The molecule has 0 radical (unpaired) electrons. The Hall–Kier alpha value is -0.910. The van der Waals surface area contributed by atoms with E-state index in [0.717, 1.165) is 20.9 Å². The number of hydrogen-bond donors (Lipinski definition) is 1. The average Bonchev–Trinajstić information content (AvgIpc) is 2.78. The SMILES string of the molecule is COC[C@H](C)Nc1nc(-c2ccc(Br)cc2)cs1. The second kappa shape index (κ2) is 6.31. The predicted molar refractivity (Wildman–Crippen MR) is 80.2 cm³/mol. The number of anilines is 1. The van der Waals surface area contributed by atoms with Crippen LogP contribution in [-0.2, 0) is 4.74 Å². The van der Waals surface area contributed by atoms with E-state index in [1.807, 2.05) is 12.1 Å². The number of methoxy groups -OCH3 is 1. The van der Waals surface area contributed by atoms with Crippen LogP contribution in [0.15, 0.2) is 34.1 Å². The molecule has 0 fully saturated rings. The van der Waals surface area contributed by atoms with Crippen molar-refractivity contribution in [2.75, 3.05) is 19.0 Å². The molecular formula is C13H15BrN2OS. The van der Waals surface area contributed by atoms with Crippen molar-refractivity contribution >= 4 is 32.4 Å². The van der Waals surface area contributed by atoms with Gasteiger partial charge in [0.2, 0.25) is 0 Å². The van der Waals surface area contributed by atoms with Gasteiger partial charge in [-0.15, -0.1) is 11.3 Å². The second-order valence-electron chi connectivity index (χ2n) is 4.05. The highest BCUT2D eigenvalue weighted by Gasteiger charge is 2.07. The van der Waals surface area contributed by atoms with E-state index in [4.69, 9.17) is 4.74 Å². The van der Waals surface area contributed by atoms with Crippen LogP contribution in [0.5, 0.6) is 0 Å². The summed E-state index contributed by atoms with van der Waals surface area (Å²) < 4.78 is 6.17. The summed E-state index contributed by atoms with van der Waals surface area (Å²) in [6.45, 7) is 2.75. The van der Waals surface area contributed by atoms with Gasteiger partial charge in [0.1, 0.15) is 0 Å². The molecule has 96 valence electrons. The number of rotatable bonds is 5. The van der Waals surface area contributed by atoms with Gasteiger partial charge in [0.25, 0.3) is 0 Å². The summed E-state index contributed by atoms with van der Waals surface area (Å²) in [6, 6.07) is 8.42. The lowest BCUT2D eigenvalue weighted by Crippen LogP contribution is -2.20. The lowest BCUT2D eigenvalue weighted by Gasteiger charge is -2.10. The molecule has 1 N–H and O–H groups in total. The summed E-state index contributed by atoms with van der Waals surface area (Å²) in [6.07, 6.45) is 0. The zero-order valence-electron chi connectivity index (χ0n) is 10.3. The maximum absolute atomic E-state index is 5.09. The molecule has 1 aromatic heterocycles. The Balaban J connectivity index is 2.08. The smallest absolute Gasteiger partial charge is 0.183 e. The van der Waals surface area contributed by atoms with E-state index in [2.05, 4.69) is 50.7 Å². The lowest BCUT2D eigenvalue weighted by atomic mass is 10.2. The third-order valence-corrected chi connectivity index (χ3v) is 3.73. The number of thiazole rings is 1. The Morgan fingerprint density at radius 2 is 2.11 bits per heavy atom. The number of benzene rings is 1. The third-order valence-electron chi connectivity index (χ3n) is 2.43. The third kappa shape index (κ3) is 3.54. The Labute approximate surface area is 119 Å². The maximum atomic E-state index is 5.09. The van der Waals surface area contributed by atoms with Crippen LogP contribution >= 0.6 is 27.3 Å². The second-order valence-corrected chi connectivity index (χ2v) is 5.82. The van der Waals surface area contributed by atoms with Crippen molar-refractivity contribution < 1.29 is 4.74 Å². The van der Waals surface area contributed by atoms with Gasteiger partial charge < -0.3 is 10.1 Å². The zero-order valence-corrected chi connectivity index (χ0v) is 12.7. The minimum atomic E-state index is 0.263. The van der Waals surface area contributed by atoms with Crippen LogP contribution in [0, 0.1) is 0 Å². The fourth-order valence-electron chi connectivity index (χ4n) is 1.60. The molecule has 2 aromatic rings. The highest BCUT2D eigenvalue weighted by molar-refractivity contribution is 9.10. The van der Waals surface area contributed by atoms with Crippen LogP contribution in [0.2, 0.25) is 0 Å². The van der Waals surface area contributed by atoms with Crippen molar-refractivity contribution in [2.45, 2.75) is 13.0 Å². The molecule has 1 aromatic carbocycles. The van der Waals surface area contributed by atoms with Gasteiger partial charge in [-0.2, -0.15) is 0 Å². The largest absolute Gasteiger partial charge is 0.383 e. The number of ether oxygens (including phenoxy) is 1. The molecular weight excluding hydrogens is 312 g/mol. The fraction of sp³-hybridized carbons (Fsp3) is 0.308. The maximum Gasteiger partial charge on any atom is 0.183 e. The normalized spacial score (nSPS) is 12.4. The summed E-state index contributed by atoms with van der Waals surface area (Å²) in [7, 11) is 1.70. The number of nitrogens with one attached hydrogen (secondary N) is 1. The molecule has 18 heavy (non-hydrogen) atoms. The molecule has 0 spiro atoms. The van der Waals surface area contributed by atoms with Gasteiger partial charge in [0.15, 0.2) is 5.13 Å². The molecule has 0 saturated heterocycles. The first-order valence-electron chi connectivity index (χ1n) is 5.66. The van der Waals surface area contributed by atoms with Gasteiger partial charge in [0.05, 0.1) is 12.3 Å². The van der Waals surface area contributed by atoms with Gasteiger partial charge in [-0.25, -0.2) is 4.98 Å². The minimum Gasteiger partial charge on any atom is -0.383 e. The van der Waals surface area contributed by atoms with E-state index in [-0.39, 0.29) is 6.04 Å². The summed E-state index contributed by atoms with van der Waals surface area (Å²) in [4.78, 5) is 4.57. The summed E-state index contributed by atoms with van der Waals surface area (Å²) in [5, 5.41) is 6.31. The highest BCUT2D eigenvalue weighted by atomic mass is 79.9. The van der Waals surface area contributed by atoms with Crippen molar-refractivity contribution in [3.63, 3.8) is 0 Å². The van der Waals surface area contributed by atoms with Crippen LogP contribution in [0.25, 0.3) is 11.3 Å². The molecule has 1 atom stereocenters. The van der Waals surface area contributed by atoms with Crippen LogP contribution in [0.1, 0.15) is 6.92 Å². The molecule has 1 heterocycles. The van der Waals surface area contributed by atoms with Crippen LogP contribution in [-0.4, -0.2) is 24.7 Å². The number of halogens is 1. The van der Waals surface area contributed by atoms with Crippen molar-refractivity contribution in [3.8, 4) is 11.3 Å². The van der Waals surface area contributed by atoms with Gasteiger partial charge in [-0.1, -0.05) is 28.1 Å². The Morgan fingerprint density at radius 3 is 2.78 bits per heavy atom. The quantitative estimate of drug-likeness (QED) is 0.901. The molecule has 0 bridgehead atoms. The van der Waals surface area contributed by atoms with E-state index in [1.165, 1.54) is 0 Å². The van der Waals surface area contributed by atoms with Crippen LogP contribution in [0.3, 0.4) is 0 Å². The van der Waals surface area contributed by atoms with Crippen LogP contribution < -0.4 is 5.32 Å². The first kappa shape index (κ1) is 13.5. The predicted octanol–water partition coefficient (Wildman–Crippen LogP) is 4.02.